The van der Waals surface area contributed by atoms with Crippen molar-refractivity contribution >= 4 is 11.8 Å². The monoisotopic (exact) mass is 227 g/mol. The molecule has 2 unspecified atom stereocenters. The third-order valence-corrected chi connectivity index (χ3v) is 3.15. The smallest absolute Gasteiger partial charge is 0.0957 e. The molecule has 0 radical (unpaired) electrons. The van der Waals surface area contributed by atoms with E-state index in [-0.39, 0.29) is 11.9 Å². The van der Waals surface area contributed by atoms with Crippen molar-refractivity contribution in [3.05, 3.63) is 24.0 Å². The zero-order valence-electron chi connectivity index (χ0n) is 9.05. The minimum atomic E-state index is -0.473. The molecule has 1 aromatic rings. The summed E-state index contributed by atoms with van der Waals surface area (Å²) in [5, 5.41) is 18.6. The lowest BCUT2D eigenvalue weighted by Gasteiger charge is -2.09. The molecule has 2 atom stereocenters. The number of hydrogen-bond acceptors (Lipinski definition) is 4. The minimum absolute atomic E-state index is 0.157. The van der Waals surface area contributed by atoms with Gasteiger partial charge in [-0.2, -0.15) is 0 Å². The fourth-order valence-corrected chi connectivity index (χ4v) is 1.94. The van der Waals surface area contributed by atoms with Crippen molar-refractivity contribution < 1.29 is 10.2 Å². The number of aliphatic hydroxyl groups is 2. The van der Waals surface area contributed by atoms with E-state index in [2.05, 4.69) is 4.98 Å². The van der Waals surface area contributed by atoms with E-state index in [1.54, 1.807) is 18.0 Å². The number of aliphatic hydroxyl groups excluding tert-OH is 2. The average molecular weight is 227 g/mol. The Morgan fingerprint density at radius 2 is 2.20 bits per heavy atom. The first-order valence-corrected chi connectivity index (χ1v) is 5.96. The van der Waals surface area contributed by atoms with Gasteiger partial charge < -0.3 is 10.2 Å². The molecular formula is C11H17NO2S. The van der Waals surface area contributed by atoms with Gasteiger partial charge in [0.05, 0.1) is 18.4 Å². The second-order valence-electron chi connectivity index (χ2n) is 3.45. The Hall–Kier alpha value is -0.580. The summed E-state index contributed by atoms with van der Waals surface area (Å²) in [6.45, 7) is 4.03. The molecule has 15 heavy (non-hydrogen) atoms. The van der Waals surface area contributed by atoms with Crippen molar-refractivity contribution in [2.45, 2.75) is 36.5 Å². The maximum absolute atomic E-state index is 9.54. The molecule has 1 rings (SSSR count). The predicted molar refractivity (Wildman–Crippen MR) is 61.9 cm³/mol. The van der Waals surface area contributed by atoms with Gasteiger partial charge in [0, 0.05) is 16.3 Å². The highest BCUT2D eigenvalue weighted by atomic mass is 32.2. The van der Waals surface area contributed by atoms with Crippen LogP contribution >= 0.6 is 11.8 Å². The van der Waals surface area contributed by atoms with Crippen LogP contribution in [0.1, 0.15) is 32.1 Å². The lowest BCUT2D eigenvalue weighted by Crippen LogP contribution is -2.02. The molecule has 0 bridgehead atoms. The highest BCUT2D eigenvalue weighted by molar-refractivity contribution is 8.00. The van der Waals surface area contributed by atoms with Gasteiger partial charge in [0.2, 0.25) is 0 Å². The van der Waals surface area contributed by atoms with Crippen molar-refractivity contribution in [2.24, 2.45) is 0 Å². The second kappa shape index (κ2) is 6.10. The van der Waals surface area contributed by atoms with E-state index >= 15 is 0 Å². The van der Waals surface area contributed by atoms with Gasteiger partial charge in [-0.05, 0) is 18.6 Å². The Bertz CT molecular complexity index is 289. The Kier molecular flexibility index (Phi) is 5.08. The minimum Gasteiger partial charge on any atom is -0.395 e. The van der Waals surface area contributed by atoms with Crippen LogP contribution in [-0.2, 0) is 0 Å². The molecule has 0 aliphatic rings. The normalized spacial score (nSPS) is 14.9. The van der Waals surface area contributed by atoms with Crippen LogP contribution in [0, 0.1) is 0 Å². The van der Waals surface area contributed by atoms with Crippen LogP contribution in [0.15, 0.2) is 23.2 Å². The Balaban J connectivity index is 2.64. The SMILES string of the molecule is CCC(O)c1ccc(SC(C)CO)cn1. The number of hydrogen-bond donors (Lipinski definition) is 2. The Morgan fingerprint density at radius 1 is 1.47 bits per heavy atom. The molecule has 0 aliphatic heterocycles. The number of thioether (sulfide) groups is 1. The summed E-state index contributed by atoms with van der Waals surface area (Å²) in [6, 6.07) is 3.76. The summed E-state index contributed by atoms with van der Waals surface area (Å²) in [5.41, 5.74) is 0.707. The third-order valence-electron chi connectivity index (χ3n) is 2.08. The molecule has 0 amide bonds. The van der Waals surface area contributed by atoms with Crippen LogP contribution in [0.3, 0.4) is 0 Å². The molecule has 3 nitrogen and oxygen atoms in total. The van der Waals surface area contributed by atoms with Gasteiger partial charge in [-0.3, -0.25) is 4.98 Å². The largest absolute Gasteiger partial charge is 0.395 e. The highest BCUT2D eigenvalue weighted by Gasteiger charge is 2.07. The summed E-state index contributed by atoms with van der Waals surface area (Å²) in [7, 11) is 0. The number of nitrogens with zero attached hydrogens (tertiary/aromatic N) is 1. The Labute approximate surface area is 94.6 Å². The molecule has 1 aromatic heterocycles. The Morgan fingerprint density at radius 3 is 2.67 bits per heavy atom. The number of aromatic nitrogens is 1. The van der Waals surface area contributed by atoms with E-state index in [0.29, 0.717) is 12.1 Å². The van der Waals surface area contributed by atoms with Gasteiger partial charge in [0.25, 0.3) is 0 Å². The lowest BCUT2D eigenvalue weighted by atomic mass is 10.2. The van der Waals surface area contributed by atoms with Gasteiger partial charge in [-0.1, -0.05) is 13.8 Å². The van der Waals surface area contributed by atoms with Gasteiger partial charge in [0.1, 0.15) is 0 Å². The van der Waals surface area contributed by atoms with Gasteiger partial charge in [0.15, 0.2) is 0 Å². The van der Waals surface area contributed by atoms with Gasteiger partial charge >= 0.3 is 0 Å². The quantitative estimate of drug-likeness (QED) is 0.755. The van der Waals surface area contributed by atoms with Crippen LogP contribution in [0.25, 0.3) is 0 Å². The summed E-state index contributed by atoms with van der Waals surface area (Å²) in [4.78, 5) is 5.20. The lowest BCUT2D eigenvalue weighted by molar-refractivity contribution is 0.169. The van der Waals surface area contributed by atoms with Crippen LogP contribution in [0.5, 0.6) is 0 Å². The molecule has 0 aliphatic carbocycles. The molecule has 2 N–H and O–H groups in total. The summed E-state index contributed by atoms with van der Waals surface area (Å²) in [5.74, 6) is 0. The molecule has 1 heterocycles. The van der Waals surface area contributed by atoms with E-state index in [0.717, 1.165) is 4.90 Å². The van der Waals surface area contributed by atoms with Crippen molar-refractivity contribution in [2.75, 3.05) is 6.61 Å². The van der Waals surface area contributed by atoms with Gasteiger partial charge in [-0.15, -0.1) is 11.8 Å². The molecule has 0 saturated carbocycles. The summed E-state index contributed by atoms with van der Waals surface area (Å²) < 4.78 is 0. The standard InChI is InChI=1S/C11H17NO2S/c1-3-11(14)10-5-4-9(6-12-10)15-8(2)7-13/h4-6,8,11,13-14H,3,7H2,1-2H3. The average Bonchev–Trinajstić information content (AvgIpc) is 2.29. The summed E-state index contributed by atoms with van der Waals surface area (Å²) in [6.07, 6.45) is 1.94. The van der Waals surface area contributed by atoms with Gasteiger partial charge in [-0.25, -0.2) is 0 Å². The van der Waals surface area contributed by atoms with E-state index < -0.39 is 6.10 Å². The molecular weight excluding hydrogens is 210 g/mol. The first kappa shape index (κ1) is 12.5. The number of pyridine rings is 1. The van der Waals surface area contributed by atoms with Crippen molar-refractivity contribution in [3.63, 3.8) is 0 Å². The fourth-order valence-electron chi connectivity index (χ4n) is 1.14. The zero-order valence-corrected chi connectivity index (χ0v) is 9.87. The molecule has 4 heteroatoms. The van der Waals surface area contributed by atoms with Crippen LogP contribution in [0.4, 0.5) is 0 Å². The maximum Gasteiger partial charge on any atom is 0.0957 e. The first-order valence-electron chi connectivity index (χ1n) is 5.09. The van der Waals surface area contributed by atoms with Crippen molar-refractivity contribution in [3.8, 4) is 0 Å². The van der Waals surface area contributed by atoms with Crippen molar-refractivity contribution in [1.29, 1.82) is 0 Å². The maximum atomic E-state index is 9.54. The molecule has 0 saturated heterocycles. The first-order chi connectivity index (χ1) is 7.17. The van der Waals surface area contributed by atoms with Crippen LogP contribution in [0.2, 0.25) is 0 Å². The van der Waals surface area contributed by atoms with Crippen LogP contribution < -0.4 is 0 Å². The number of rotatable bonds is 5. The highest BCUT2D eigenvalue weighted by Crippen LogP contribution is 2.23. The van der Waals surface area contributed by atoms with Crippen LogP contribution in [-0.4, -0.2) is 27.1 Å². The predicted octanol–water partition coefficient (Wildman–Crippen LogP) is 2.00. The molecule has 0 aromatic carbocycles. The molecule has 0 fully saturated rings. The second-order valence-corrected chi connectivity index (χ2v) is 4.97. The fraction of sp³-hybridized carbons (Fsp3) is 0.545. The van der Waals surface area contributed by atoms with E-state index in [1.807, 2.05) is 26.0 Å². The van der Waals surface area contributed by atoms with Crippen molar-refractivity contribution in [1.82, 2.24) is 4.98 Å². The van der Waals surface area contributed by atoms with E-state index in [9.17, 15) is 5.11 Å². The molecule has 84 valence electrons. The van der Waals surface area contributed by atoms with E-state index in [1.165, 1.54) is 0 Å². The third kappa shape index (κ3) is 3.81. The molecule has 0 spiro atoms. The summed E-state index contributed by atoms with van der Waals surface area (Å²) >= 11 is 1.58. The van der Waals surface area contributed by atoms with E-state index in [4.69, 9.17) is 5.11 Å². The topological polar surface area (TPSA) is 53.4 Å². The zero-order chi connectivity index (χ0) is 11.3.